The second kappa shape index (κ2) is 11.2. The van der Waals surface area contributed by atoms with E-state index in [2.05, 4.69) is 4.90 Å². The maximum absolute atomic E-state index is 13.9. The van der Waals surface area contributed by atoms with Crippen LogP contribution >= 0.6 is 0 Å². The van der Waals surface area contributed by atoms with Crippen molar-refractivity contribution in [2.45, 2.75) is 43.9 Å². The summed E-state index contributed by atoms with van der Waals surface area (Å²) in [6.45, 7) is 3.09. The molecule has 2 amide bonds. The molecule has 7 nitrogen and oxygen atoms in total. The number of nitrogens with zero attached hydrogens (tertiary/aromatic N) is 3. The van der Waals surface area contributed by atoms with E-state index in [1.165, 1.54) is 6.08 Å². The van der Waals surface area contributed by atoms with Crippen LogP contribution in [0.5, 0.6) is 5.75 Å². The van der Waals surface area contributed by atoms with E-state index in [0.717, 1.165) is 24.7 Å². The number of hydrogen-bond acceptors (Lipinski definition) is 5. The summed E-state index contributed by atoms with van der Waals surface area (Å²) in [4.78, 5) is 32.7. The number of methoxy groups -OCH3 is 1. The van der Waals surface area contributed by atoms with Gasteiger partial charge in [0.2, 0.25) is 11.5 Å². The molecule has 37 heavy (non-hydrogen) atoms. The van der Waals surface area contributed by atoms with Gasteiger partial charge in [-0.3, -0.25) is 9.59 Å². The quantitative estimate of drug-likeness (QED) is 0.573. The molecule has 3 aliphatic rings. The molecule has 2 heterocycles. The largest absolute Gasteiger partial charge is 0.497 e. The second-order valence-electron chi connectivity index (χ2n) is 9.96. The van der Waals surface area contributed by atoms with Crippen molar-refractivity contribution in [3.8, 4) is 5.75 Å². The van der Waals surface area contributed by atoms with E-state index in [9.17, 15) is 22.8 Å². The molecule has 4 rings (SSSR count). The van der Waals surface area contributed by atoms with Gasteiger partial charge in [0.15, 0.2) is 0 Å². The van der Waals surface area contributed by atoms with Crippen LogP contribution in [0, 0.1) is 0 Å². The van der Waals surface area contributed by atoms with Gasteiger partial charge in [0, 0.05) is 44.7 Å². The number of allylic oxidation sites excluding steroid dienone is 4. The molecule has 1 aromatic rings. The first-order valence-corrected chi connectivity index (χ1v) is 12.6. The van der Waals surface area contributed by atoms with Gasteiger partial charge >= 0.3 is 6.18 Å². The standard InChI is InChI=1S/C27H34F3N3O4/c1-31-14-16-32(17-15-31)25(35)26(37-23-10-6-21(7-11-23)27(28,29)30)12-3-13-33(19-26)24(34)18-20-4-8-22(36-2)9-5-20/h4-6,8-10H,3,7,11-19H2,1-2H3. The van der Waals surface area contributed by atoms with Crippen LogP contribution in [-0.2, 0) is 20.7 Å². The fraction of sp³-hybridized carbons (Fsp3) is 0.556. The predicted octanol–water partition coefficient (Wildman–Crippen LogP) is 3.56. The smallest absolute Gasteiger partial charge is 0.412 e. The first-order valence-electron chi connectivity index (χ1n) is 12.6. The second-order valence-corrected chi connectivity index (χ2v) is 9.96. The Morgan fingerprint density at radius 2 is 1.68 bits per heavy atom. The number of amides is 2. The molecule has 2 aliphatic heterocycles. The van der Waals surface area contributed by atoms with Gasteiger partial charge in [-0.1, -0.05) is 18.2 Å². The van der Waals surface area contributed by atoms with Crippen LogP contribution in [0.1, 0.15) is 31.2 Å². The van der Waals surface area contributed by atoms with Gasteiger partial charge in [-0.2, -0.15) is 13.2 Å². The summed E-state index contributed by atoms with van der Waals surface area (Å²) in [6.07, 6.45) is -1.04. The average molecular weight is 522 g/mol. The number of carbonyl (C=O) groups is 2. The van der Waals surface area contributed by atoms with Crippen molar-refractivity contribution in [2.75, 3.05) is 53.4 Å². The zero-order valence-corrected chi connectivity index (χ0v) is 21.4. The number of likely N-dealkylation sites (tertiary alicyclic amines) is 1. The molecular formula is C27H34F3N3O4. The third kappa shape index (κ3) is 6.47. The number of benzene rings is 1. The van der Waals surface area contributed by atoms with E-state index in [1.54, 1.807) is 29.0 Å². The van der Waals surface area contributed by atoms with Gasteiger partial charge in [-0.25, -0.2) is 0 Å². The molecule has 1 aliphatic carbocycles. The minimum absolute atomic E-state index is 0.0584. The van der Waals surface area contributed by atoms with Crippen molar-refractivity contribution in [3.05, 3.63) is 53.3 Å². The highest BCUT2D eigenvalue weighted by molar-refractivity contribution is 5.88. The number of piperidine rings is 1. The van der Waals surface area contributed by atoms with Crippen LogP contribution in [0.4, 0.5) is 13.2 Å². The molecule has 10 heteroatoms. The highest BCUT2D eigenvalue weighted by Crippen LogP contribution is 2.37. The Bertz CT molecular complexity index is 1050. The molecule has 1 atom stereocenters. The Kier molecular flexibility index (Phi) is 8.16. The van der Waals surface area contributed by atoms with Crippen LogP contribution in [0.2, 0.25) is 0 Å². The lowest BCUT2D eigenvalue weighted by Crippen LogP contribution is -2.62. The maximum Gasteiger partial charge on any atom is 0.412 e. The van der Waals surface area contributed by atoms with Crippen LogP contribution in [0.25, 0.3) is 0 Å². The van der Waals surface area contributed by atoms with Gasteiger partial charge in [0.25, 0.3) is 5.91 Å². The van der Waals surface area contributed by atoms with E-state index < -0.39 is 17.4 Å². The zero-order valence-electron chi connectivity index (χ0n) is 21.4. The Morgan fingerprint density at radius 1 is 0.973 bits per heavy atom. The van der Waals surface area contributed by atoms with Gasteiger partial charge in [-0.15, -0.1) is 0 Å². The minimum Gasteiger partial charge on any atom is -0.497 e. The number of alkyl halides is 3. The molecule has 1 unspecified atom stereocenters. The maximum atomic E-state index is 13.9. The fourth-order valence-electron chi connectivity index (χ4n) is 5.05. The predicted molar refractivity (Wildman–Crippen MR) is 132 cm³/mol. The number of hydrogen-bond donors (Lipinski definition) is 0. The van der Waals surface area contributed by atoms with Crippen LogP contribution < -0.4 is 4.74 Å². The molecule has 0 spiro atoms. The van der Waals surface area contributed by atoms with Crippen LogP contribution in [0.15, 0.2) is 47.7 Å². The van der Waals surface area contributed by atoms with E-state index >= 15 is 0 Å². The lowest BCUT2D eigenvalue weighted by atomic mass is 9.89. The first-order chi connectivity index (χ1) is 17.6. The number of ether oxygens (including phenoxy) is 2. The topological polar surface area (TPSA) is 62.3 Å². The summed E-state index contributed by atoms with van der Waals surface area (Å²) in [5, 5.41) is 0. The van der Waals surface area contributed by atoms with E-state index in [0.29, 0.717) is 44.0 Å². The van der Waals surface area contributed by atoms with Crippen molar-refractivity contribution in [2.24, 2.45) is 0 Å². The molecule has 202 valence electrons. The third-order valence-electron chi connectivity index (χ3n) is 7.30. The summed E-state index contributed by atoms with van der Waals surface area (Å²) < 4.78 is 50.8. The Labute approximate surface area is 215 Å². The fourth-order valence-corrected chi connectivity index (χ4v) is 5.05. The number of carbonyl (C=O) groups excluding carboxylic acids is 2. The normalized spacial score (nSPS) is 23.3. The van der Waals surface area contributed by atoms with Crippen LogP contribution in [0.3, 0.4) is 0 Å². The van der Waals surface area contributed by atoms with Crippen molar-refractivity contribution >= 4 is 11.8 Å². The minimum atomic E-state index is -4.38. The average Bonchev–Trinajstić information content (AvgIpc) is 2.89. The van der Waals surface area contributed by atoms with Crippen molar-refractivity contribution in [1.82, 2.24) is 14.7 Å². The number of likely N-dealkylation sites (N-methyl/N-ethyl adjacent to an activating group) is 1. The lowest BCUT2D eigenvalue weighted by molar-refractivity contribution is -0.165. The van der Waals surface area contributed by atoms with Crippen molar-refractivity contribution in [1.29, 1.82) is 0 Å². The van der Waals surface area contributed by atoms with Crippen molar-refractivity contribution < 1.29 is 32.2 Å². The SMILES string of the molecule is COc1ccc(CC(=O)N2CCCC(OC3=CC=C(C(F)(F)F)CC3)(C(=O)N3CCN(C)CC3)C2)cc1. The summed E-state index contributed by atoms with van der Waals surface area (Å²) in [5.74, 6) is 0.720. The summed E-state index contributed by atoms with van der Waals surface area (Å²) in [5.41, 5.74) is -1.11. The first kappa shape index (κ1) is 27.0. The highest BCUT2D eigenvalue weighted by Gasteiger charge is 2.49. The third-order valence-corrected chi connectivity index (χ3v) is 7.30. The molecule has 0 saturated carbocycles. The zero-order chi connectivity index (χ0) is 26.6. The van der Waals surface area contributed by atoms with E-state index in [1.807, 2.05) is 19.2 Å². The Balaban J connectivity index is 1.55. The summed E-state index contributed by atoms with van der Waals surface area (Å²) in [7, 11) is 3.57. The van der Waals surface area contributed by atoms with Crippen LogP contribution in [-0.4, -0.2) is 91.7 Å². The van der Waals surface area contributed by atoms with Gasteiger partial charge in [0.05, 0.1) is 25.8 Å². The lowest BCUT2D eigenvalue weighted by Gasteiger charge is -2.45. The molecule has 0 bridgehead atoms. The summed E-state index contributed by atoms with van der Waals surface area (Å²) >= 11 is 0. The van der Waals surface area contributed by atoms with E-state index in [-0.39, 0.29) is 37.6 Å². The number of rotatable bonds is 6. The Morgan fingerprint density at radius 3 is 2.27 bits per heavy atom. The molecule has 0 radical (unpaired) electrons. The molecule has 0 aromatic heterocycles. The van der Waals surface area contributed by atoms with E-state index in [4.69, 9.17) is 9.47 Å². The Hall–Kier alpha value is -3.01. The number of halogens is 3. The molecule has 1 aromatic carbocycles. The number of piperazine rings is 1. The monoisotopic (exact) mass is 521 g/mol. The highest BCUT2D eigenvalue weighted by atomic mass is 19.4. The van der Waals surface area contributed by atoms with Gasteiger partial charge in [-0.05, 0) is 50.1 Å². The molecular weight excluding hydrogens is 487 g/mol. The van der Waals surface area contributed by atoms with Gasteiger partial charge < -0.3 is 24.2 Å². The molecule has 0 N–H and O–H groups in total. The van der Waals surface area contributed by atoms with Gasteiger partial charge in [0.1, 0.15) is 5.75 Å². The van der Waals surface area contributed by atoms with Crippen molar-refractivity contribution in [3.63, 3.8) is 0 Å². The molecule has 2 saturated heterocycles. The summed E-state index contributed by atoms with van der Waals surface area (Å²) in [6, 6.07) is 7.25. The molecule has 2 fully saturated rings.